The van der Waals surface area contributed by atoms with Crippen LogP contribution in [0.2, 0.25) is 0 Å². The summed E-state index contributed by atoms with van der Waals surface area (Å²) in [5, 5.41) is 2.12. The lowest BCUT2D eigenvalue weighted by Gasteiger charge is -2.12. The standard InChI is InChI=1S/C10H14N2O4/c1-3-16-10(15)8(5(2)11)6-4-7(13)12-9(6)14/h6H,3-4,11H2,1-2H3,(H,12,13,14)/b8-5-/t6-/m1/s1. The fourth-order valence-corrected chi connectivity index (χ4v) is 1.57. The Morgan fingerprint density at radius 1 is 1.56 bits per heavy atom. The molecular weight excluding hydrogens is 212 g/mol. The number of hydrogen-bond acceptors (Lipinski definition) is 5. The van der Waals surface area contributed by atoms with Gasteiger partial charge in [-0.3, -0.25) is 14.9 Å². The van der Waals surface area contributed by atoms with E-state index in [9.17, 15) is 14.4 Å². The number of ether oxygens (including phenoxy) is 1. The minimum Gasteiger partial charge on any atom is -0.463 e. The van der Waals surface area contributed by atoms with Crippen LogP contribution < -0.4 is 11.1 Å². The molecule has 0 spiro atoms. The van der Waals surface area contributed by atoms with E-state index in [4.69, 9.17) is 10.5 Å². The number of esters is 1. The first-order valence-corrected chi connectivity index (χ1v) is 4.94. The zero-order chi connectivity index (χ0) is 12.3. The monoisotopic (exact) mass is 226 g/mol. The number of carbonyl (C=O) groups is 3. The smallest absolute Gasteiger partial charge is 0.336 e. The summed E-state index contributed by atoms with van der Waals surface area (Å²) < 4.78 is 4.79. The lowest BCUT2D eigenvalue weighted by atomic mass is 9.96. The first-order valence-electron chi connectivity index (χ1n) is 4.94. The van der Waals surface area contributed by atoms with Crippen molar-refractivity contribution in [2.24, 2.45) is 11.7 Å². The van der Waals surface area contributed by atoms with Crippen molar-refractivity contribution in [2.45, 2.75) is 20.3 Å². The van der Waals surface area contributed by atoms with Crippen LogP contribution in [0.25, 0.3) is 0 Å². The third kappa shape index (κ3) is 2.39. The van der Waals surface area contributed by atoms with Gasteiger partial charge in [-0.2, -0.15) is 0 Å². The summed E-state index contributed by atoms with van der Waals surface area (Å²) in [7, 11) is 0. The van der Waals surface area contributed by atoms with Crippen molar-refractivity contribution in [3.63, 3.8) is 0 Å². The number of carbonyl (C=O) groups excluding carboxylic acids is 3. The van der Waals surface area contributed by atoms with E-state index in [1.807, 2.05) is 0 Å². The summed E-state index contributed by atoms with van der Waals surface area (Å²) in [6.45, 7) is 3.35. The summed E-state index contributed by atoms with van der Waals surface area (Å²) in [6, 6.07) is 0. The van der Waals surface area contributed by atoms with Gasteiger partial charge >= 0.3 is 5.97 Å². The molecule has 0 aromatic heterocycles. The van der Waals surface area contributed by atoms with E-state index in [0.29, 0.717) is 0 Å². The highest BCUT2D eigenvalue weighted by Crippen LogP contribution is 2.23. The van der Waals surface area contributed by atoms with Crippen LogP contribution in [-0.2, 0) is 19.1 Å². The minimum absolute atomic E-state index is 0.0540. The highest BCUT2D eigenvalue weighted by molar-refractivity contribution is 6.09. The van der Waals surface area contributed by atoms with Gasteiger partial charge in [0.2, 0.25) is 11.8 Å². The third-order valence-corrected chi connectivity index (χ3v) is 2.24. The second-order valence-corrected chi connectivity index (χ2v) is 3.49. The fourth-order valence-electron chi connectivity index (χ4n) is 1.57. The van der Waals surface area contributed by atoms with Crippen molar-refractivity contribution in [3.8, 4) is 0 Å². The predicted molar refractivity (Wildman–Crippen MR) is 54.8 cm³/mol. The van der Waals surface area contributed by atoms with Gasteiger partial charge in [-0.15, -0.1) is 0 Å². The van der Waals surface area contributed by atoms with Crippen LogP contribution in [0.5, 0.6) is 0 Å². The van der Waals surface area contributed by atoms with Crippen LogP contribution >= 0.6 is 0 Å². The van der Waals surface area contributed by atoms with E-state index in [-0.39, 0.29) is 24.3 Å². The van der Waals surface area contributed by atoms with Crippen LogP contribution in [0.15, 0.2) is 11.3 Å². The number of allylic oxidation sites excluding steroid dienone is 1. The molecule has 1 fully saturated rings. The zero-order valence-corrected chi connectivity index (χ0v) is 9.20. The van der Waals surface area contributed by atoms with Gasteiger partial charge in [-0.05, 0) is 13.8 Å². The Bertz CT molecular complexity index is 369. The van der Waals surface area contributed by atoms with E-state index in [2.05, 4.69) is 5.32 Å². The summed E-state index contributed by atoms with van der Waals surface area (Å²) in [4.78, 5) is 34.0. The summed E-state index contributed by atoms with van der Waals surface area (Å²) in [5.74, 6) is -2.37. The molecule has 0 aromatic carbocycles. The highest BCUT2D eigenvalue weighted by atomic mass is 16.5. The maximum absolute atomic E-state index is 11.6. The van der Waals surface area contributed by atoms with E-state index >= 15 is 0 Å². The predicted octanol–water partition coefficient (Wildman–Crippen LogP) is -0.555. The van der Waals surface area contributed by atoms with Gasteiger partial charge in [0.05, 0.1) is 18.1 Å². The molecule has 1 aliphatic heterocycles. The molecule has 1 aliphatic rings. The zero-order valence-electron chi connectivity index (χ0n) is 9.20. The summed E-state index contributed by atoms with van der Waals surface area (Å²) in [5.41, 5.74) is 5.82. The lowest BCUT2D eigenvalue weighted by molar-refractivity contribution is -0.140. The van der Waals surface area contributed by atoms with Crippen molar-refractivity contribution in [2.75, 3.05) is 6.61 Å². The molecule has 16 heavy (non-hydrogen) atoms. The lowest BCUT2D eigenvalue weighted by Crippen LogP contribution is -2.27. The van der Waals surface area contributed by atoms with Crippen LogP contribution in [0.3, 0.4) is 0 Å². The molecule has 3 N–H and O–H groups in total. The van der Waals surface area contributed by atoms with Gasteiger partial charge < -0.3 is 10.5 Å². The van der Waals surface area contributed by atoms with Crippen LogP contribution in [0, 0.1) is 5.92 Å². The van der Waals surface area contributed by atoms with Crippen molar-refractivity contribution < 1.29 is 19.1 Å². The molecule has 0 aromatic rings. The maximum Gasteiger partial charge on any atom is 0.336 e. The molecule has 0 bridgehead atoms. The quantitative estimate of drug-likeness (QED) is 0.382. The van der Waals surface area contributed by atoms with Gasteiger partial charge in [-0.1, -0.05) is 0 Å². The molecule has 6 heteroatoms. The van der Waals surface area contributed by atoms with Crippen LogP contribution in [-0.4, -0.2) is 24.4 Å². The molecule has 1 heterocycles. The average Bonchev–Trinajstić information content (AvgIpc) is 2.45. The summed E-state index contributed by atoms with van der Waals surface area (Å²) in [6.07, 6.45) is -0.0540. The van der Waals surface area contributed by atoms with Crippen molar-refractivity contribution in [3.05, 3.63) is 11.3 Å². The summed E-state index contributed by atoms with van der Waals surface area (Å²) >= 11 is 0. The highest BCUT2D eigenvalue weighted by Gasteiger charge is 2.37. The molecule has 88 valence electrons. The Labute approximate surface area is 92.8 Å². The molecular formula is C10H14N2O4. The molecule has 0 aliphatic carbocycles. The molecule has 1 rings (SSSR count). The van der Waals surface area contributed by atoms with Gasteiger partial charge in [0, 0.05) is 12.1 Å². The molecule has 6 nitrogen and oxygen atoms in total. The minimum atomic E-state index is -0.823. The van der Waals surface area contributed by atoms with E-state index in [1.165, 1.54) is 6.92 Å². The fraction of sp³-hybridized carbons (Fsp3) is 0.500. The van der Waals surface area contributed by atoms with Gasteiger partial charge in [0.15, 0.2) is 0 Å². The van der Waals surface area contributed by atoms with Crippen LogP contribution in [0.4, 0.5) is 0 Å². The van der Waals surface area contributed by atoms with Gasteiger partial charge in [0.1, 0.15) is 0 Å². The normalized spacial score (nSPS) is 21.5. The molecule has 2 amide bonds. The van der Waals surface area contributed by atoms with Crippen molar-refractivity contribution >= 4 is 17.8 Å². The second kappa shape index (κ2) is 4.78. The van der Waals surface area contributed by atoms with Gasteiger partial charge in [0.25, 0.3) is 0 Å². The first kappa shape index (κ1) is 12.2. The van der Waals surface area contributed by atoms with Crippen molar-refractivity contribution in [1.82, 2.24) is 5.32 Å². The molecule has 1 saturated heterocycles. The van der Waals surface area contributed by atoms with E-state index < -0.39 is 23.7 Å². The number of nitrogens with two attached hydrogens (primary N) is 1. The first-order chi connectivity index (χ1) is 7.47. The molecule has 1 atom stereocenters. The van der Waals surface area contributed by atoms with E-state index in [1.54, 1.807) is 6.92 Å². The van der Waals surface area contributed by atoms with Crippen molar-refractivity contribution in [1.29, 1.82) is 0 Å². The average molecular weight is 226 g/mol. The third-order valence-electron chi connectivity index (χ3n) is 2.24. The molecule has 0 radical (unpaired) electrons. The Morgan fingerprint density at radius 3 is 2.56 bits per heavy atom. The van der Waals surface area contributed by atoms with E-state index in [0.717, 1.165) is 0 Å². The number of nitrogens with one attached hydrogen (secondary N) is 1. The molecule has 0 unspecified atom stereocenters. The van der Waals surface area contributed by atoms with Gasteiger partial charge in [-0.25, -0.2) is 4.79 Å². The largest absolute Gasteiger partial charge is 0.463 e. The number of imide groups is 1. The Kier molecular flexibility index (Phi) is 3.65. The van der Waals surface area contributed by atoms with Crippen LogP contribution in [0.1, 0.15) is 20.3 Å². The Morgan fingerprint density at radius 2 is 2.19 bits per heavy atom. The number of rotatable bonds is 3. The SMILES string of the molecule is CCOC(=O)/C(=C(/C)N)[C@H]1CC(=O)NC1=O. The second-order valence-electron chi connectivity index (χ2n) is 3.49. The number of hydrogen-bond donors (Lipinski definition) is 2. The number of amides is 2. The topological polar surface area (TPSA) is 98.5 Å². The maximum atomic E-state index is 11.6. The Balaban J connectivity index is 2.97. The molecule has 0 saturated carbocycles. The Hall–Kier alpha value is -1.85.